The molecule has 0 N–H and O–H groups in total. The molecule has 0 unspecified atom stereocenters. The van der Waals surface area contributed by atoms with Gasteiger partial charge >= 0.3 is 18.3 Å². The van der Waals surface area contributed by atoms with Gasteiger partial charge in [-0.1, -0.05) is 37.6 Å². The molecule has 0 aliphatic carbocycles. The van der Waals surface area contributed by atoms with E-state index in [0.29, 0.717) is 17.0 Å². The van der Waals surface area contributed by atoms with Gasteiger partial charge in [0.25, 0.3) is 0 Å². The van der Waals surface area contributed by atoms with Crippen LogP contribution >= 0.6 is 11.6 Å². The number of halogens is 1. The monoisotopic (exact) mass is 615 g/mol. The van der Waals surface area contributed by atoms with Crippen LogP contribution in [0.1, 0.15) is 93.2 Å². The maximum absolute atomic E-state index is 13.5. The van der Waals surface area contributed by atoms with Crippen molar-refractivity contribution in [3.05, 3.63) is 52.8 Å². The standard InChI is InChI=1S/C31H42ClN5O6/c1-19(2)22-17-33-37-24(16-23(32)34-25(22)37)35(26(38)41-29(3,4)5)18-20-12-14-21(15-13-20)36(27(39)42-30(6,7)8)28(40)43-31(9,10)11/h12-17,19H,18H2,1-11H3. The normalized spacial score (nSPS) is 12.3. The average Bonchev–Trinajstić information content (AvgIpc) is 3.24. The molecule has 0 atom stereocenters. The molecule has 11 nitrogen and oxygen atoms in total. The van der Waals surface area contributed by atoms with Crippen LogP contribution in [0.4, 0.5) is 25.9 Å². The first-order chi connectivity index (χ1) is 19.6. The molecule has 0 bridgehead atoms. The van der Waals surface area contributed by atoms with E-state index in [0.717, 1.165) is 10.5 Å². The molecule has 2 aromatic heterocycles. The number of carbonyl (C=O) groups is 3. The lowest BCUT2D eigenvalue weighted by molar-refractivity contribution is 0.0429. The smallest absolute Gasteiger partial charge is 0.424 e. The molecule has 3 rings (SSSR count). The number of ether oxygens (including phenoxy) is 3. The number of fused-ring (bicyclic) bond motifs is 1. The summed E-state index contributed by atoms with van der Waals surface area (Å²) in [4.78, 5) is 46.4. The van der Waals surface area contributed by atoms with Crippen LogP contribution in [0, 0.1) is 0 Å². The fraction of sp³-hybridized carbons (Fsp3) is 0.516. The van der Waals surface area contributed by atoms with Gasteiger partial charge in [-0.2, -0.15) is 14.5 Å². The summed E-state index contributed by atoms with van der Waals surface area (Å²) in [7, 11) is 0. The lowest BCUT2D eigenvalue weighted by Crippen LogP contribution is -2.43. The zero-order valence-corrected chi connectivity index (χ0v) is 27.6. The van der Waals surface area contributed by atoms with E-state index in [9.17, 15) is 14.4 Å². The van der Waals surface area contributed by atoms with E-state index in [1.54, 1.807) is 103 Å². The highest BCUT2D eigenvalue weighted by molar-refractivity contribution is 6.29. The van der Waals surface area contributed by atoms with E-state index in [4.69, 9.17) is 25.8 Å². The molecule has 0 saturated heterocycles. The topological polar surface area (TPSA) is 116 Å². The fourth-order valence-corrected chi connectivity index (χ4v) is 4.10. The molecule has 2 heterocycles. The molecule has 3 amide bonds. The van der Waals surface area contributed by atoms with E-state index in [1.807, 2.05) is 13.8 Å². The highest BCUT2D eigenvalue weighted by Crippen LogP contribution is 2.29. The maximum atomic E-state index is 13.5. The summed E-state index contributed by atoms with van der Waals surface area (Å²) in [5.74, 6) is 0.487. The average molecular weight is 616 g/mol. The molecule has 0 aliphatic rings. The largest absolute Gasteiger partial charge is 0.443 e. The van der Waals surface area contributed by atoms with Crippen LogP contribution < -0.4 is 9.80 Å². The summed E-state index contributed by atoms with van der Waals surface area (Å²) >= 11 is 6.42. The molecule has 1 aromatic carbocycles. The van der Waals surface area contributed by atoms with Crippen molar-refractivity contribution in [2.75, 3.05) is 9.80 Å². The Morgan fingerprint density at radius 1 is 0.837 bits per heavy atom. The predicted molar refractivity (Wildman–Crippen MR) is 166 cm³/mol. The molecule has 0 saturated carbocycles. The number of imide groups is 1. The predicted octanol–water partition coefficient (Wildman–Crippen LogP) is 8.12. The maximum Gasteiger partial charge on any atom is 0.424 e. The lowest BCUT2D eigenvalue weighted by Gasteiger charge is -2.29. The summed E-state index contributed by atoms with van der Waals surface area (Å²) in [6.45, 7) is 19.7. The zero-order valence-electron chi connectivity index (χ0n) is 26.8. The Morgan fingerprint density at radius 3 is 1.79 bits per heavy atom. The van der Waals surface area contributed by atoms with Crippen molar-refractivity contribution in [1.29, 1.82) is 0 Å². The van der Waals surface area contributed by atoms with Gasteiger partial charge in [-0.05, 0) is 85.9 Å². The van der Waals surface area contributed by atoms with Gasteiger partial charge in [-0.3, -0.25) is 4.90 Å². The number of benzene rings is 1. The first kappa shape index (κ1) is 33.6. The van der Waals surface area contributed by atoms with Crippen LogP contribution in [-0.2, 0) is 20.8 Å². The minimum absolute atomic E-state index is 0.0559. The van der Waals surface area contributed by atoms with Crippen LogP contribution in [-0.4, -0.2) is 49.7 Å². The van der Waals surface area contributed by atoms with Gasteiger partial charge in [-0.15, -0.1) is 0 Å². The minimum Gasteiger partial charge on any atom is -0.443 e. The highest BCUT2D eigenvalue weighted by atomic mass is 35.5. The van der Waals surface area contributed by atoms with Crippen molar-refractivity contribution in [3.8, 4) is 0 Å². The van der Waals surface area contributed by atoms with Gasteiger partial charge in [0.2, 0.25) is 0 Å². The van der Waals surface area contributed by atoms with E-state index in [2.05, 4.69) is 10.1 Å². The quantitative estimate of drug-likeness (QED) is 0.209. The number of nitrogens with zero attached hydrogens (tertiary/aromatic N) is 5. The molecular weight excluding hydrogens is 574 g/mol. The number of hydrogen-bond donors (Lipinski definition) is 0. The second kappa shape index (κ2) is 12.4. The number of anilines is 2. The number of hydrogen-bond acceptors (Lipinski definition) is 8. The van der Waals surface area contributed by atoms with Crippen LogP contribution in [0.5, 0.6) is 0 Å². The van der Waals surface area contributed by atoms with Crippen LogP contribution in [0.25, 0.3) is 5.65 Å². The van der Waals surface area contributed by atoms with E-state index in [1.165, 1.54) is 4.90 Å². The molecule has 0 fully saturated rings. The summed E-state index contributed by atoms with van der Waals surface area (Å²) in [6, 6.07) is 8.09. The Morgan fingerprint density at radius 2 is 1.33 bits per heavy atom. The third-order valence-electron chi connectivity index (χ3n) is 5.65. The van der Waals surface area contributed by atoms with Crippen LogP contribution in [0.2, 0.25) is 5.15 Å². The molecule has 0 spiro atoms. The molecular formula is C31H42ClN5O6. The SMILES string of the molecule is CC(C)c1cnn2c(N(Cc3ccc(N(C(=O)OC(C)(C)C)C(=O)OC(C)(C)C)cc3)C(=O)OC(C)(C)C)cc(Cl)nc12. The van der Waals surface area contributed by atoms with Crippen molar-refractivity contribution in [2.45, 2.75) is 105 Å². The second-order valence-corrected chi connectivity index (χ2v) is 13.8. The second-order valence-electron chi connectivity index (χ2n) is 13.5. The Balaban J connectivity index is 2.04. The molecule has 12 heteroatoms. The molecule has 3 aromatic rings. The highest BCUT2D eigenvalue weighted by Gasteiger charge is 2.33. The third kappa shape index (κ3) is 9.06. The van der Waals surface area contributed by atoms with Gasteiger partial charge in [0.05, 0.1) is 18.4 Å². The van der Waals surface area contributed by atoms with Gasteiger partial charge in [-0.25, -0.2) is 19.4 Å². The first-order valence-electron chi connectivity index (χ1n) is 14.0. The molecule has 0 radical (unpaired) electrons. The van der Waals surface area contributed by atoms with Crippen molar-refractivity contribution < 1.29 is 28.6 Å². The van der Waals surface area contributed by atoms with Gasteiger partial charge in [0, 0.05) is 11.6 Å². The van der Waals surface area contributed by atoms with Crippen LogP contribution in [0.15, 0.2) is 36.5 Å². The number of carbonyl (C=O) groups excluding carboxylic acids is 3. The summed E-state index contributed by atoms with van der Waals surface area (Å²) in [5.41, 5.74) is -0.147. The van der Waals surface area contributed by atoms with Crippen LogP contribution in [0.3, 0.4) is 0 Å². The van der Waals surface area contributed by atoms with Crippen molar-refractivity contribution >= 4 is 47.0 Å². The van der Waals surface area contributed by atoms with E-state index < -0.39 is 35.1 Å². The van der Waals surface area contributed by atoms with Gasteiger partial charge in [0.1, 0.15) is 27.8 Å². The number of rotatable bonds is 5. The van der Waals surface area contributed by atoms with Gasteiger partial charge < -0.3 is 14.2 Å². The number of amides is 3. The van der Waals surface area contributed by atoms with E-state index >= 15 is 0 Å². The Labute approximate surface area is 258 Å². The Kier molecular flexibility index (Phi) is 9.70. The van der Waals surface area contributed by atoms with E-state index in [-0.39, 0.29) is 23.3 Å². The Bertz CT molecular complexity index is 1450. The summed E-state index contributed by atoms with van der Waals surface area (Å²) in [6.07, 6.45) is -0.667. The Hall–Kier alpha value is -3.86. The summed E-state index contributed by atoms with van der Waals surface area (Å²) < 4.78 is 18.3. The third-order valence-corrected chi connectivity index (χ3v) is 5.84. The summed E-state index contributed by atoms with van der Waals surface area (Å²) in [5, 5.41) is 4.69. The van der Waals surface area contributed by atoms with Gasteiger partial charge in [0.15, 0.2) is 5.65 Å². The van der Waals surface area contributed by atoms with Crippen molar-refractivity contribution in [3.63, 3.8) is 0 Å². The van der Waals surface area contributed by atoms with Crippen molar-refractivity contribution in [2.24, 2.45) is 0 Å². The lowest BCUT2D eigenvalue weighted by atomic mass is 10.1. The molecule has 43 heavy (non-hydrogen) atoms. The molecule has 234 valence electrons. The molecule has 0 aliphatic heterocycles. The zero-order chi connectivity index (χ0) is 32.5. The van der Waals surface area contributed by atoms with Crippen molar-refractivity contribution in [1.82, 2.24) is 14.6 Å². The fourth-order valence-electron chi connectivity index (χ4n) is 3.92. The first-order valence-corrected chi connectivity index (χ1v) is 14.4. The number of aromatic nitrogens is 3. The minimum atomic E-state index is -0.877.